The zero-order chi connectivity index (χ0) is 15.3. The van der Waals surface area contributed by atoms with E-state index in [1.165, 1.54) is 0 Å². The summed E-state index contributed by atoms with van der Waals surface area (Å²) in [6.45, 7) is 1.34. The Morgan fingerprint density at radius 2 is 1.95 bits per heavy atom. The maximum absolute atomic E-state index is 12.3. The summed E-state index contributed by atoms with van der Waals surface area (Å²) in [5.41, 5.74) is 1.10. The van der Waals surface area contributed by atoms with E-state index in [9.17, 15) is 13.2 Å². The van der Waals surface area contributed by atoms with E-state index in [0.29, 0.717) is 6.54 Å². The Morgan fingerprint density at radius 1 is 1.24 bits per heavy atom. The zero-order valence-electron chi connectivity index (χ0n) is 11.4. The van der Waals surface area contributed by atoms with Gasteiger partial charge in [-0.15, -0.1) is 0 Å². The maximum Gasteiger partial charge on any atom is 0.452 e. The van der Waals surface area contributed by atoms with Crippen molar-refractivity contribution in [2.24, 2.45) is 0 Å². The van der Waals surface area contributed by atoms with Gasteiger partial charge in [-0.3, -0.25) is 0 Å². The molecule has 0 bridgehead atoms. The number of para-hydroxylation sites is 1. The van der Waals surface area contributed by atoms with Crippen LogP contribution in [0.3, 0.4) is 0 Å². The van der Waals surface area contributed by atoms with Crippen LogP contribution in [-0.4, -0.2) is 29.5 Å². The number of aromatic nitrogens is 2. The summed E-state index contributed by atoms with van der Waals surface area (Å²) in [7, 11) is 1.97. The molecule has 8 heteroatoms. The highest BCUT2D eigenvalue weighted by Crippen LogP contribution is 2.28. The summed E-state index contributed by atoms with van der Waals surface area (Å²) in [5.74, 6) is -1.09. The van der Waals surface area contributed by atoms with Crippen molar-refractivity contribution in [3.8, 4) is 0 Å². The first-order chi connectivity index (χ1) is 9.97. The van der Waals surface area contributed by atoms with E-state index in [1.807, 2.05) is 37.4 Å². The predicted molar refractivity (Wildman–Crippen MR) is 77.7 cm³/mol. The van der Waals surface area contributed by atoms with Crippen LogP contribution in [0.5, 0.6) is 0 Å². The molecule has 0 unspecified atom stereocenters. The van der Waals surface area contributed by atoms with E-state index in [-0.39, 0.29) is 5.13 Å². The minimum absolute atomic E-state index is 0.199. The molecule has 2 rings (SSSR count). The van der Waals surface area contributed by atoms with Crippen LogP contribution < -0.4 is 10.2 Å². The van der Waals surface area contributed by atoms with Crippen LogP contribution in [0.15, 0.2) is 30.3 Å². The van der Waals surface area contributed by atoms with Crippen molar-refractivity contribution in [3.05, 3.63) is 36.2 Å². The number of alkyl halides is 3. The molecule has 0 aliphatic carbocycles. The second-order valence-electron chi connectivity index (χ2n) is 4.46. The minimum atomic E-state index is -4.48. The Bertz CT molecular complexity index is 556. The molecule has 0 saturated heterocycles. The highest BCUT2D eigenvalue weighted by molar-refractivity contribution is 7.09. The van der Waals surface area contributed by atoms with Crippen LogP contribution in [0.25, 0.3) is 0 Å². The van der Waals surface area contributed by atoms with Crippen LogP contribution in [0, 0.1) is 0 Å². The summed E-state index contributed by atoms with van der Waals surface area (Å²) < 4.78 is 40.3. The Labute approximate surface area is 124 Å². The SMILES string of the molecule is CN(CCCNc1nc(C(F)(F)F)ns1)c1ccccc1. The smallest absolute Gasteiger partial charge is 0.375 e. The molecule has 1 aromatic carbocycles. The van der Waals surface area contributed by atoms with Gasteiger partial charge in [0.25, 0.3) is 0 Å². The Hall–Kier alpha value is -1.83. The van der Waals surface area contributed by atoms with Gasteiger partial charge in [0, 0.05) is 37.4 Å². The summed E-state index contributed by atoms with van der Waals surface area (Å²) in [4.78, 5) is 5.50. The second kappa shape index (κ2) is 6.75. The van der Waals surface area contributed by atoms with Crippen molar-refractivity contribution in [2.45, 2.75) is 12.6 Å². The van der Waals surface area contributed by atoms with E-state index >= 15 is 0 Å². The van der Waals surface area contributed by atoms with E-state index < -0.39 is 12.0 Å². The maximum atomic E-state index is 12.3. The van der Waals surface area contributed by atoms with Crippen molar-refractivity contribution in [3.63, 3.8) is 0 Å². The van der Waals surface area contributed by atoms with Crippen molar-refractivity contribution in [1.82, 2.24) is 9.36 Å². The third-order valence-electron chi connectivity index (χ3n) is 2.82. The first-order valence-corrected chi connectivity index (χ1v) is 7.15. The van der Waals surface area contributed by atoms with Crippen LogP contribution in [0.2, 0.25) is 0 Å². The molecular formula is C13H15F3N4S. The molecule has 4 nitrogen and oxygen atoms in total. The molecule has 0 atom stereocenters. The summed E-state index contributed by atoms with van der Waals surface area (Å²) in [6, 6.07) is 9.89. The van der Waals surface area contributed by atoms with Crippen LogP contribution in [0.4, 0.5) is 24.0 Å². The van der Waals surface area contributed by atoms with Crippen molar-refractivity contribution < 1.29 is 13.2 Å². The van der Waals surface area contributed by atoms with Crippen LogP contribution >= 0.6 is 11.5 Å². The number of hydrogen-bond acceptors (Lipinski definition) is 5. The molecular weight excluding hydrogens is 301 g/mol. The lowest BCUT2D eigenvalue weighted by molar-refractivity contribution is -0.144. The Kier molecular flexibility index (Phi) is 5.00. The predicted octanol–water partition coefficient (Wildman–Crippen LogP) is 3.50. The van der Waals surface area contributed by atoms with Gasteiger partial charge in [-0.05, 0) is 18.6 Å². The molecule has 114 valence electrons. The molecule has 0 aliphatic heterocycles. The number of halogens is 3. The quantitative estimate of drug-likeness (QED) is 0.828. The van der Waals surface area contributed by atoms with E-state index in [0.717, 1.165) is 30.2 Å². The molecule has 2 aromatic rings. The fraction of sp³-hybridized carbons (Fsp3) is 0.385. The van der Waals surface area contributed by atoms with E-state index in [1.54, 1.807) is 0 Å². The normalized spacial score (nSPS) is 11.4. The molecule has 1 heterocycles. The monoisotopic (exact) mass is 316 g/mol. The van der Waals surface area contributed by atoms with Gasteiger partial charge < -0.3 is 10.2 Å². The number of benzene rings is 1. The molecule has 0 radical (unpaired) electrons. The lowest BCUT2D eigenvalue weighted by Crippen LogP contribution is -2.20. The third kappa shape index (κ3) is 4.59. The van der Waals surface area contributed by atoms with Crippen molar-refractivity contribution in [1.29, 1.82) is 0 Å². The van der Waals surface area contributed by atoms with Gasteiger partial charge in [0.05, 0.1) is 0 Å². The average molecular weight is 316 g/mol. The first kappa shape index (κ1) is 15.6. The number of anilines is 2. The molecule has 0 aliphatic rings. The van der Waals surface area contributed by atoms with Gasteiger partial charge in [-0.1, -0.05) is 18.2 Å². The van der Waals surface area contributed by atoms with Gasteiger partial charge in [-0.25, -0.2) is 0 Å². The Balaban J connectivity index is 1.74. The molecule has 0 spiro atoms. The lowest BCUT2D eigenvalue weighted by atomic mass is 10.3. The second-order valence-corrected chi connectivity index (χ2v) is 5.21. The van der Waals surface area contributed by atoms with Crippen LogP contribution in [-0.2, 0) is 6.18 Å². The van der Waals surface area contributed by atoms with Gasteiger partial charge in [0.2, 0.25) is 11.0 Å². The topological polar surface area (TPSA) is 41.0 Å². The lowest BCUT2D eigenvalue weighted by Gasteiger charge is -2.18. The molecule has 0 fully saturated rings. The summed E-state index contributed by atoms with van der Waals surface area (Å²) in [5, 5.41) is 3.06. The average Bonchev–Trinajstić information content (AvgIpc) is 2.93. The third-order valence-corrected chi connectivity index (χ3v) is 3.50. The number of nitrogens with one attached hydrogen (secondary N) is 1. The van der Waals surface area contributed by atoms with Gasteiger partial charge in [0.15, 0.2) is 0 Å². The van der Waals surface area contributed by atoms with Gasteiger partial charge in [0.1, 0.15) is 0 Å². The molecule has 0 amide bonds. The fourth-order valence-corrected chi connectivity index (χ4v) is 2.34. The number of nitrogens with zero attached hydrogens (tertiary/aromatic N) is 3. The van der Waals surface area contributed by atoms with Crippen LogP contribution in [0.1, 0.15) is 12.2 Å². The highest BCUT2D eigenvalue weighted by Gasteiger charge is 2.36. The highest BCUT2D eigenvalue weighted by atomic mass is 32.1. The minimum Gasteiger partial charge on any atom is -0.375 e. The van der Waals surface area contributed by atoms with E-state index in [4.69, 9.17) is 0 Å². The number of rotatable bonds is 6. The molecule has 0 saturated carbocycles. The number of hydrogen-bond donors (Lipinski definition) is 1. The largest absolute Gasteiger partial charge is 0.452 e. The summed E-state index contributed by atoms with van der Waals surface area (Å²) in [6.07, 6.45) is -3.70. The summed E-state index contributed by atoms with van der Waals surface area (Å²) >= 11 is 0.726. The van der Waals surface area contributed by atoms with Crippen molar-refractivity contribution >= 4 is 22.4 Å². The van der Waals surface area contributed by atoms with Gasteiger partial charge in [-0.2, -0.15) is 22.5 Å². The van der Waals surface area contributed by atoms with Gasteiger partial charge >= 0.3 is 6.18 Å². The fourth-order valence-electron chi connectivity index (χ4n) is 1.73. The van der Waals surface area contributed by atoms with E-state index in [2.05, 4.69) is 19.6 Å². The molecule has 1 N–H and O–H groups in total. The standard InChI is InChI=1S/C13H15F3N4S/c1-20(10-6-3-2-4-7-10)9-5-8-17-12-18-11(19-21-12)13(14,15)16/h2-4,6-7H,5,8-9H2,1H3,(H,17,18,19). The zero-order valence-corrected chi connectivity index (χ0v) is 12.2. The molecule has 21 heavy (non-hydrogen) atoms. The first-order valence-electron chi connectivity index (χ1n) is 6.38. The van der Waals surface area contributed by atoms with Crippen molar-refractivity contribution in [2.75, 3.05) is 30.4 Å². The molecule has 1 aromatic heterocycles. The Morgan fingerprint density at radius 3 is 2.57 bits per heavy atom.